The first kappa shape index (κ1) is 20.0. The zero-order chi connectivity index (χ0) is 18.2. The van der Waals surface area contributed by atoms with Gasteiger partial charge in [0.25, 0.3) is 0 Å². The number of hydrogen-bond acceptors (Lipinski definition) is 6. The third-order valence-corrected chi connectivity index (χ3v) is 5.28. The van der Waals surface area contributed by atoms with Crippen LogP contribution in [0.4, 0.5) is 5.95 Å². The van der Waals surface area contributed by atoms with Crippen molar-refractivity contribution in [3.05, 3.63) is 0 Å². The molecule has 142 valence electrons. The number of thioether (sulfide) groups is 1. The summed E-state index contributed by atoms with van der Waals surface area (Å²) >= 11 is 1.43. The van der Waals surface area contributed by atoms with Crippen molar-refractivity contribution in [3.63, 3.8) is 0 Å². The Kier molecular flexibility index (Phi) is 8.02. The molecule has 1 fully saturated rings. The van der Waals surface area contributed by atoms with Crippen molar-refractivity contribution in [2.75, 3.05) is 37.0 Å². The molecule has 0 bridgehead atoms. The molecule has 2 rings (SSSR count). The number of morpholine rings is 1. The van der Waals surface area contributed by atoms with Gasteiger partial charge in [-0.2, -0.15) is 0 Å². The highest BCUT2D eigenvalue weighted by Gasteiger charge is 2.19. The molecule has 1 saturated heterocycles. The van der Waals surface area contributed by atoms with Gasteiger partial charge in [-0.1, -0.05) is 38.5 Å². The Morgan fingerprint density at radius 1 is 1.24 bits per heavy atom. The van der Waals surface area contributed by atoms with Gasteiger partial charge in [0, 0.05) is 26.2 Å². The number of aromatic nitrogens is 3. The van der Waals surface area contributed by atoms with E-state index in [-0.39, 0.29) is 11.9 Å². The van der Waals surface area contributed by atoms with Crippen LogP contribution in [0.3, 0.4) is 0 Å². The van der Waals surface area contributed by atoms with Gasteiger partial charge in [0.2, 0.25) is 11.9 Å². The summed E-state index contributed by atoms with van der Waals surface area (Å²) in [5.74, 6) is 1.98. The number of ether oxygens (including phenoxy) is 1. The van der Waals surface area contributed by atoms with E-state index in [9.17, 15) is 4.79 Å². The van der Waals surface area contributed by atoms with E-state index in [1.807, 2.05) is 11.6 Å². The van der Waals surface area contributed by atoms with Crippen molar-refractivity contribution in [2.45, 2.75) is 51.2 Å². The minimum atomic E-state index is 0.0537. The van der Waals surface area contributed by atoms with E-state index in [1.165, 1.54) is 18.2 Å². The Bertz CT molecular complexity index is 543. The van der Waals surface area contributed by atoms with Crippen LogP contribution in [0.2, 0.25) is 0 Å². The molecule has 0 aromatic carbocycles. The average Bonchev–Trinajstić information content (AvgIpc) is 2.94. The summed E-state index contributed by atoms with van der Waals surface area (Å²) in [6, 6.07) is 0.218. The van der Waals surface area contributed by atoms with Crippen LogP contribution in [0.1, 0.15) is 40.0 Å². The summed E-state index contributed by atoms with van der Waals surface area (Å²) in [7, 11) is 1.94. The smallest absolute Gasteiger partial charge is 0.230 e. The first-order valence-electron chi connectivity index (χ1n) is 9.11. The zero-order valence-electron chi connectivity index (χ0n) is 15.8. The first-order chi connectivity index (χ1) is 12.0. The number of anilines is 1. The molecule has 0 aliphatic carbocycles. The summed E-state index contributed by atoms with van der Waals surface area (Å²) in [4.78, 5) is 14.3. The lowest BCUT2D eigenvalue weighted by molar-refractivity contribution is -0.119. The largest absolute Gasteiger partial charge is 0.378 e. The van der Waals surface area contributed by atoms with Gasteiger partial charge in [-0.25, -0.2) is 0 Å². The van der Waals surface area contributed by atoms with Gasteiger partial charge in [-0.05, 0) is 19.3 Å². The highest BCUT2D eigenvalue weighted by molar-refractivity contribution is 7.99. The molecule has 1 amide bonds. The standard InChI is InChI=1S/C17H31N5O2S/c1-13(2)6-5-7-14(3)18-15(23)12-25-17-20-19-16(21(17)4)22-8-10-24-11-9-22/h13-14H,5-12H2,1-4H3,(H,18,23). The normalized spacial score (nSPS) is 16.3. The van der Waals surface area contributed by atoms with Crippen LogP contribution in [0.5, 0.6) is 0 Å². The summed E-state index contributed by atoms with van der Waals surface area (Å²) in [5.41, 5.74) is 0. The molecule has 2 heterocycles. The molecule has 25 heavy (non-hydrogen) atoms. The molecular formula is C17H31N5O2S. The second-order valence-corrected chi connectivity index (χ2v) is 7.97. The van der Waals surface area contributed by atoms with E-state index in [0.29, 0.717) is 19.0 Å². The molecule has 1 unspecified atom stereocenters. The van der Waals surface area contributed by atoms with Crippen molar-refractivity contribution in [1.29, 1.82) is 0 Å². The predicted molar refractivity (Wildman–Crippen MR) is 101 cm³/mol. The quantitative estimate of drug-likeness (QED) is 0.672. The molecule has 1 N–H and O–H groups in total. The van der Waals surface area contributed by atoms with Crippen LogP contribution in [0.25, 0.3) is 0 Å². The zero-order valence-corrected chi connectivity index (χ0v) is 16.6. The second kappa shape index (κ2) is 10.0. The van der Waals surface area contributed by atoms with Crippen LogP contribution < -0.4 is 10.2 Å². The monoisotopic (exact) mass is 369 g/mol. The summed E-state index contributed by atoms with van der Waals surface area (Å²) in [5, 5.41) is 12.3. The SMILES string of the molecule is CC(C)CCCC(C)NC(=O)CSc1nnc(N2CCOCC2)n1C. The third kappa shape index (κ3) is 6.51. The van der Waals surface area contributed by atoms with Gasteiger partial charge in [0.15, 0.2) is 5.16 Å². The molecule has 1 aromatic rings. The number of nitrogens with one attached hydrogen (secondary N) is 1. The first-order valence-corrected chi connectivity index (χ1v) is 10.1. The lowest BCUT2D eigenvalue weighted by Gasteiger charge is -2.27. The number of nitrogens with zero attached hydrogens (tertiary/aromatic N) is 4. The van der Waals surface area contributed by atoms with E-state index in [4.69, 9.17) is 4.74 Å². The number of rotatable bonds is 9. The van der Waals surface area contributed by atoms with Crippen LogP contribution in [0, 0.1) is 5.92 Å². The van der Waals surface area contributed by atoms with E-state index < -0.39 is 0 Å². The van der Waals surface area contributed by atoms with Gasteiger partial charge in [-0.15, -0.1) is 10.2 Å². The third-order valence-electron chi connectivity index (χ3n) is 4.26. The summed E-state index contributed by atoms with van der Waals surface area (Å²) < 4.78 is 7.32. The summed E-state index contributed by atoms with van der Waals surface area (Å²) in [6.45, 7) is 9.61. The van der Waals surface area contributed by atoms with E-state index in [0.717, 1.165) is 43.0 Å². The van der Waals surface area contributed by atoms with Crippen LogP contribution in [0.15, 0.2) is 5.16 Å². The van der Waals surface area contributed by atoms with Crippen LogP contribution in [-0.2, 0) is 16.6 Å². The fourth-order valence-electron chi connectivity index (χ4n) is 2.82. The Balaban J connectivity index is 1.75. The second-order valence-electron chi connectivity index (χ2n) is 7.02. The fourth-order valence-corrected chi connectivity index (χ4v) is 3.54. The van der Waals surface area contributed by atoms with Crippen molar-refractivity contribution in [3.8, 4) is 0 Å². The van der Waals surface area contributed by atoms with Gasteiger partial charge in [0.1, 0.15) is 0 Å². The number of hydrogen-bond donors (Lipinski definition) is 1. The lowest BCUT2D eigenvalue weighted by Crippen LogP contribution is -2.37. The molecule has 0 saturated carbocycles. The molecular weight excluding hydrogens is 338 g/mol. The molecule has 0 radical (unpaired) electrons. The molecule has 0 spiro atoms. The Hall–Kier alpha value is -1.28. The van der Waals surface area contributed by atoms with E-state index >= 15 is 0 Å². The highest BCUT2D eigenvalue weighted by Crippen LogP contribution is 2.21. The maximum atomic E-state index is 12.1. The number of carbonyl (C=O) groups excluding carboxylic acids is 1. The Labute approximate surface area is 154 Å². The van der Waals surface area contributed by atoms with Crippen molar-refractivity contribution in [2.24, 2.45) is 13.0 Å². The van der Waals surface area contributed by atoms with Gasteiger partial charge in [-0.3, -0.25) is 9.36 Å². The van der Waals surface area contributed by atoms with E-state index in [2.05, 4.69) is 41.2 Å². The molecule has 1 aliphatic rings. The highest BCUT2D eigenvalue weighted by atomic mass is 32.2. The topological polar surface area (TPSA) is 72.3 Å². The minimum Gasteiger partial charge on any atom is -0.378 e. The fraction of sp³-hybridized carbons (Fsp3) is 0.824. The van der Waals surface area contributed by atoms with Crippen molar-refractivity contribution >= 4 is 23.6 Å². The molecule has 7 nitrogen and oxygen atoms in total. The summed E-state index contributed by atoms with van der Waals surface area (Å²) in [6.07, 6.45) is 3.39. The Morgan fingerprint density at radius 3 is 2.64 bits per heavy atom. The van der Waals surface area contributed by atoms with Gasteiger partial charge >= 0.3 is 0 Å². The average molecular weight is 370 g/mol. The van der Waals surface area contributed by atoms with Crippen molar-refractivity contribution < 1.29 is 9.53 Å². The lowest BCUT2D eigenvalue weighted by atomic mass is 10.0. The molecule has 1 aromatic heterocycles. The number of amides is 1. The van der Waals surface area contributed by atoms with Crippen LogP contribution in [-0.4, -0.2) is 58.8 Å². The van der Waals surface area contributed by atoms with Crippen LogP contribution >= 0.6 is 11.8 Å². The maximum absolute atomic E-state index is 12.1. The van der Waals surface area contributed by atoms with Gasteiger partial charge in [0.05, 0.1) is 19.0 Å². The van der Waals surface area contributed by atoms with E-state index in [1.54, 1.807) is 0 Å². The maximum Gasteiger partial charge on any atom is 0.230 e. The minimum absolute atomic E-state index is 0.0537. The predicted octanol–water partition coefficient (Wildman–Crippen LogP) is 2.07. The molecule has 8 heteroatoms. The molecule has 1 atom stereocenters. The number of carbonyl (C=O) groups is 1. The Morgan fingerprint density at radius 2 is 1.96 bits per heavy atom. The molecule has 1 aliphatic heterocycles. The van der Waals surface area contributed by atoms with Gasteiger partial charge < -0.3 is 15.0 Å². The van der Waals surface area contributed by atoms with Crippen molar-refractivity contribution in [1.82, 2.24) is 20.1 Å².